The Morgan fingerprint density at radius 1 is 1.42 bits per heavy atom. The summed E-state index contributed by atoms with van der Waals surface area (Å²) in [6, 6.07) is 0. The van der Waals surface area contributed by atoms with Crippen LogP contribution in [-0.2, 0) is 0 Å². The zero-order chi connectivity index (χ0) is 14.0. The highest BCUT2D eigenvalue weighted by molar-refractivity contribution is 6.31. The summed E-state index contributed by atoms with van der Waals surface area (Å²) in [5.41, 5.74) is -0.188. The number of rotatable bonds is 3. The smallest absolute Gasteiger partial charge is 0.348 e. The molecule has 0 N–H and O–H groups in total. The molecule has 2 heterocycles. The number of anilines is 1. The molecule has 0 radical (unpaired) electrons. The number of nitrogens with zero attached hydrogens (tertiary/aromatic N) is 4. The second-order valence-electron chi connectivity index (χ2n) is 5.16. The highest BCUT2D eigenvalue weighted by atomic mass is 35.5. The molecule has 0 aliphatic carbocycles. The predicted molar refractivity (Wildman–Crippen MR) is 73.5 cm³/mol. The van der Waals surface area contributed by atoms with Crippen molar-refractivity contribution in [3.05, 3.63) is 21.6 Å². The predicted octanol–water partition coefficient (Wildman–Crippen LogP) is 2.91. The summed E-state index contributed by atoms with van der Waals surface area (Å²) < 4.78 is 0. The summed E-state index contributed by atoms with van der Waals surface area (Å²) in [6.45, 7) is 5.97. The van der Waals surface area contributed by atoms with Crippen LogP contribution < -0.4 is 4.90 Å². The van der Waals surface area contributed by atoms with Gasteiger partial charge in [-0.2, -0.15) is 0 Å². The van der Waals surface area contributed by atoms with Crippen molar-refractivity contribution in [2.24, 2.45) is 11.8 Å². The summed E-state index contributed by atoms with van der Waals surface area (Å²) in [4.78, 5) is 20.2. The number of hydrogen-bond donors (Lipinski definition) is 0. The molecule has 1 aromatic heterocycles. The Labute approximate surface area is 117 Å². The zero-order valence-electron chi connectivity index (χ0n) is 11.0. The van der Waals surface area contributed by atoms with E-state index in [1.807, 2.05) is 4.90 Å². The van der Waals surface area contributed by atoms with Gasteiger partial charge in [0, 0.05) is 13.1 Å². The average Bonchev–Trinajstić information content (AvgIpc) is 2.38. The molecule has 0 saturated carbocycles. The third-order valence-electron chi connectivity index (χ3n) is 3.72. The molecule has 0 bridgehead atoms. The van der Waals surface area contributed by atoms with E-state index < -0.39 is 4.92 Å². The molecule has 0 aromatic carbocycles. The van der Waals surface area contributed by atoms with Gasteiger partial charge in [0.1, 0.15) is 6.33 Å². The topological polar surface area (TPSA) is 72.2 Å². The van der Waals surface area contributed by atoms with Gasteiger partial charge in [0.15, 0.2) is 0 Å². The summed E-state index contributed by atoms with van der Waals surface area (Å²) in [5, 5.41) is 11.0. The Bertz CT molecular complexity index is 473. The van der Waals surface area contributed by atoms with Gasteiger partial charge in [0.05, 0.1) is 4.92 Å². The summed E-state index contributed by atoms with van der Waals surface area (Å²) in [6.07, 6.45) is 3.33. The van der Waals surface area contributed by atoms with Crippen LogP contribution in [0.2, 0.25) is 5.15 Å². The maximum atomic E-state index is 11.1. The van der Waals surface area contributed by atoms with Gasteiger partial charge in [0.2, 0.25) is 11.0 Å². The molecule has 7 heteroatoms. The Balaban J connectivity index is 2.20. The minimum absolute atomic E-state index is 0.0963. The van der Waals surface area contributed by atoms with Crippen LogP contribution in [0.3, 0.4) is 0 Å². The van der Waals surface area contributed by atoms with E-state index in [4.69, 9.17) is 11.6 Å². The molecule has 1 saturated heterocycles. The van der Waals surface area contributed by atoms with Crippen molar-refractivity contribution in [2.75, 3.05) is 18.0 Å². The van der Waals surface area contributed by atoms with E-state index in [1.54, 1.807) is 0 Å². The Morgan fingerprint density at radius 3 is 2.58 bits per heavy atom. The van der Waals surface area contributed by atoms with Gasteiger partial charge < -0.3 is 4.90 Å². The minimum atomic E-state index is -0.508. The molecule has 0 unspecified atom stereocenters. The van der Waals surface area contributed by atoms with Crippen molar-refractivity contribution >= 4 is 23.1 Å². The third kappa shape index (κ3) is 2.94. The van der Waals surface area contributed by atoms with Gasteiger partial charge in [-0.05, 0) is 24.7 Å². The normalized spacial score (nSPS) is 16.9. The number of nitro groups is 1. The van der Waals surface area contributed by atoms with E-state index in [0.29, 0.717) is 17.7 Å². The lowest BCUT2D eigenvalue weighted by Gasteiger charge is -2.34. The first-order chi connectivity index (χ1) is 9.00. The van der Waals surface area contributed by atoms with Crippen LogP contribution >= 0.6 is 11.6 Å². The molecule has 6 nitrogen and oxygen atoms in total. The van der Waals surface area contributed by atoms with Crippen LogP contribution in [0, 0.1) is 22.0 Å². The quantitative estimate of drug-likeness (QED) is 0.485. The van der Waals surface area contributed by atoms with Crippen molar-refractivity contribution in [3.8, 4) is 0 Å². The van der Waals surface area contributed by atoms with Crippen LogP contribution in [0.1, 0.15) is 26.7 Å². The van der Waals surface area contributed by atoms with E-state index in [2.05, 4.69) is 23.8 Å². The van der Waals surface area contributed by atoms with E-state index in [-0.39, 0.29) is 10.8 Å². The van der Waals surface area contributed by atoms with Crippen molar-refractivity contribution in [1.29, 1.82) is 0 Å². The fourth-order valence-electron chi connectivity index (χ4n) is 2.52. The van der Waals surface area contributed by atoms with Crippen LogP contribution in [0.4, 0.5) is 11.5 Å². The third-order valence-corrected chi connectivity index (χ3v) is 4.00. The first-order valence-electron chi connectivity index (χ1n) is 6.40. The molecule has 1 aliphatic rings. The van der Waals surface area contributed by atoms with Gasteiger partial charge >= 0.3 is 5.69 Å². The van der Waals surface area contributed by atoms with Gasteiger partial charge in [-0.15, -0.1) is 0 Å². The van der Waals surface area contributed by atoms with Crippen molar-refractivity contribution < 1.29 is 4.92 Å². The zero-order valence-corrected chi connectivity index (χ0v) is 11.8. The highest BCUT2D eigenvalue weighted by Crippen LogP contribution is 2.34. The lowest BCUT2D eigenvalue weighted by atomic mass is 9.87. The van der Waals surface area contributed by atoms with E-state index in [0.717, 1.165) is 25.9 Å². The molecule has 0 atom stereocenters. The number of piperidine rings is 1. The van der Waals surface area contributed by atoms with Crippen LogP contribution in [-0.4, -0.2) is 28.0 Å². The Morgan fingerprint density at radius 2 is 2.05 bits per heavy atom. The number of halogens is 1. The largest absolute Gasteiger partial charge is 0.351 e. The Hall–Kier alpha value is -1.43. The fraction of sp³-hybridized carbons (Fsp3) is 0.667. The highest BCUT2D eigenvalue weighted by Gasteiger charge is 2.29. The van der Waals surface area contributed by atoms with Crippen LogP contribution in [0.25, 0.3) is 0 Å². The maximum Gasteiger partial charge on any atom is 0.348 e. The average molecular weight is 285 g/mol. The summed E-state index contributed by atoms with van der Waals surface area (Å²) in [7, 11) is 0. The standard InChI is InChI=1S/C12H17ClN4O2/c1-8(2)9-3-5-16(6-4-9)12-10(17(18)19)11(13)14-7-15-12/h7-9H,3-6H2,1-2H3. The van der Waals surface area contributed by atoms with Gasteiger partial charge in [-0.3, -0.25) is 10.1 Å². The lowest BCUT2D eigenvalue weighted by molar-refractivity contribution is -0.384. The second kappa shape index (κ2) is 5.69. The lowest BCUT2D eigenvalue weighted by Crippen LogP contribution is -2.36. The van der Waals surface area contributed by atoms with Gasteiger partial charge in [0.25, 0.3) is 0 Å². The first-order valence-corrected chi connectivity index (χ1v) is 6.78. The number of aromatic nitrogens is 2. The monoisotopic (exact) mass is 284 g/mol. The molecule has 0 spiro atoms. The van der Waals surface area contributed by atoms with E-state index >= 15 is 0 Å². The van der Waals surface area contributed by atoms with Crippen molar-refractivity contribution in [1.82, 2.24) is 9.97 Å². The van der Waals surface area contributed by atoms with Gasteiger partial charge in [-0.25, -0.2) is 9.97 Å². The van der Waals surface area contributed by atoms with Crippen LogP contribution in [0.15, 0.2) is 6.33 Å². The molecule has 1 fully saturated rings. The summed E-state index contributed by atoms with van der Waals surface area (Å²) >= 11 is 5.80. The maximum absolute atomic E-state index is 11.1. The SMILES string of the molecule is CC(C)C1CCN(c2ncnc(Cl)c2[N+](=O)[O-])CC1. The fourth-order valence-corrected chi connectivity index (χ4v) is 2.71. The minimum Gasteiger partial charge on any atom is -0.351 e. The van der Waals surface area contributed by atoms with E-state index in [9.17, 15) is 10.1 Å². The molecular weight excluding hydrogens is 268 g/mol. The van der Waals surface area contributed by atoms with E-state index in [1.165, 1.54) is 6.33 Å². The van der Waals surface area contributed by atoms with Crippen molar-refractivity contribution in [2.45, 2.75) is 26.7 Å². The second-order valence-corrected chi connectivity index (χ2v) is 5.52. The number of hydrogen-bond acceptors (Lipinski definition) is 5. The molecule has 0 amide bonds. The molecular formula is C12H17ClN4O2. The molecule has 1 aromatic rings. The van der Waals surface area contributed by atoms with Crippen molar-refractivity contribution in [3.63, 3.8) is 0 Å². The summed E-state index contributed by atoms with van der Waals surface area (Å²) in [5.74, 6) is 1.66. The first kappa shape index (κ1) is 14.0. The van der Waals surface area contributed by atoms with Crippen LogP contribution in [0.5, 0.6) is 0 Å². The molecule has 1 aliphatic heterocycles. The molecule has 2 rings (SSSR count). The Kier molecular flexibility index (Phi) is 4.19. The molecule has 19 heavy (non-hydrogen) atoms. The van der Waals surface area contributed by atoms with Gasteiger partial charge in [-0.1, -0.05) is 25.4 Å². The molecule has 104 valence electrons.